The van der Waals surface area contributed by atoms with Gasteiger partial charge in [0.05, 0.1) is 17.5 Å². The minimum absolute atomic E-state index is 0.0142. The van der Waals surface area contributed by atoms with Crippen molar-refractivity contribution in [2.75, 3.05) is 0 Å². The van der Waals surface area contributed by atoms with Crippen molar-refractivity contribution in [3.8, 4) is 6.07 Å². The number of Topliss-reactive ketones (excluding diaryl/α,β-unsaturated/α-hetero) is 1. The van der Waals surface area contributed by atoms with E-state index in [0.717, 1.165) is 0 Å². The van der Waals surface area contributed by atoms with E-state index in [0.29, 0.717) is 12.8 Å². The highest BCUT2D eigenvalue weighted by molar-refractivity contribution is 5.86. The lowest BCUT2D eigenvalue weighted by Gasteiger charge is -2.41. The molecule has 0 amide bonds. The number of carbonyl (C=O) groups is 1. The Kier molecular flexibility index (Phi) is 2.21. The van der Waals surface area contributed by atoms with Crippen molar-refractivity contribution in [3.05, 3.63) is 0 Å². The van der Waals surface area contributed by atoms with Gasteiger partial charge in [0, 0.05) is 6.42 Å². The molecular formula is C10H16N2O. The van der Waals surface area contributed by atoms with Gasteiger partial charge in [-0.05, 0) is 18.8 Å². The highest BCUT2D eigenvalue weighted by Gasteiger charge is 2.46. The van der Waals surface area contributed by atoms with Gasteiger partial charge >= 0.3 is 0 Å². The van der Waals surface area contributed by atoms with E-state index in [1.807, 2.05) is 13.8 Å². The van der Waals surface area contributed by atoms with Gasteiger partial charge in [-0.15, -0.1) is 0 Å². The Morgan fingerprint density at radius 3 is 2.54 bits per heavy atom. The molecule has 3 heteroatoms. The zero-order valence-electron chi connectivity index (χ0n) is 8.42. The van der Waals surface area contributed by atoms with Crippen LogP contribution in [0.4, 0.5) is 0 Å². The van der Waals surface area contributed by atoms with Crippen molar-refractivity contribution in [2.24, 2.45) is 16.6 Å². The molecule has 0 saturated heterocycles. The van der Waals surface area contributed by atoms with E-state index in [-0.39, 0.29) is 11.2 Å². The summed E-state index contributed by atoms with van der Waals surface area (Å²) in [7, 11) is 0. The molecule has 1 saturated carbocycles. The van der Waals surface area contributed by atoms with E-state index < -0.39 is 11.5 Å². The van der Waals surface area contributed by atoms with Gasteiger partial charge in [-0.1, -0.05) is 13.8 Å². The van der Waals surface area contributed by atoms with Crippen LogP contribution in [0.15, 0.2) is 0 Å². The third kappa shape index (κ3) is 1.73. The average Bonchev–Trinajstić information content (AvgIpc) is 1.99. The number of nitrogens with zero attached hydrogens (tertiary/aromatic N) is 1. The van der Waals surface area contributed by atoms with Crippen LogP contribution in [0, 0.1) is 22.2 Å². The first-order chi connectivity index (χ1) is 5.81. The van der Waals surface area contributed by atoms with E-state index in [1.165, 1.54) is 0 Å². The summed E-state index contributed by atoms with van der Waals surface area (Å²) in [5.74, 6) is 0.0142. The normalized spacial score (nSPS) is 38.4. The highest BCUT2D eigenvalue weighted by atomic mass is 16.1. The summed E-state index contributed by atoms with van der Waals surface area (Å²) in [4.78, 5) is 11.5. The molecule has 0 aromatic carbocycles. The number of rotatable bonds is 0. The van der Waals surface area contributed by atoms with Crippen molar-refractivity contribution in [1.82, 2.24) is 0 Å². The first kappa shape index (κ1) is 10.2. The molecule has 1 rings (SSSR count). The number of carbonyl (C=O) groups excluding carboxylic acids is 1. The van der Waals surface area contributed by atoms with Crippen LogP contribution in [-0.2, 0) is 4.79 Å². The van der Waals surface area contributed by atoms with E-state index in [9.17, 15) is 4.79 Å². The van der Waals surface area contributed by atoms with Crippen LogP contribution >= 0.6 is 0 Å². The van der Waals surface area contributed by atoms with E-state index in [2.05, 4.69) is 6.07 Å². The molecule has 2 N–H and O–H groups in total. The van der Waals surface area contributed by atoms with Crippen LogP contribution in [0.3, 0.4) is 0 Å². The molecule has 2 unspecified atom stereocenters. The summed E-state index contributed by atoms with van der Waals surface area (Å²) in [6.07, 6.45) is 1.19. The number of nitrogens with two attached hydrogens (primary N) is 1. The summed E-state index contributed by atoms with van der Waals surface area (Å²) < 4.78 is 0. The molecule has 13 heavy (non-hydrogen) atoms. The maximum Gasteiger partial charge on any atom is 0.151 e. The Morgan fingerprint density at radius 2 is 2.08 bits per heavy atom. The minimum atomic E-state index is -0.682. The molecule has 0 aromatic rings. The van der Waals surface area contributed by atoms with Crippen molar-refractivity contribution < 1.29 is 4.79 Å². The lowest BCUT2D eigenvalue weighted by Crippen LogP contribution is -2.52. The topological polar surface area (TPSA) is 66.9 Å². The number of ketones is 1. The summed E-state index contributed by atoms with van der Waals surface area (Å²) >= 11 is 0. The first-order valence-corrected chi connectivity index (χ1v) is 4.50. The second-order valence-electron chi connectivity index (χ2n) is 4.99. The average molecular weight is 180 g/mol. The molecule has 0 aliphatic heterocycles. The van der Waals surface area contributed by atoms with Gasteiger partial charge in [-0.25, -0.2) is 0 Å². The molecule has 0 spiro atoms. The Balaban J connectivity index is 3.00. The zero-order valence-corrected chi connectivity index (χ0v) is 8.42. The predicted octanol–water partition coefficient (Wildman–Crippen LogP) is 1.23. The lowest BCUT2D eigenvalue weighted by atomic mass is 9.62. The molecule has 0 heterocycles. The Labute approximate surface area is 78.9 Å². The van der Waals surface area contributed by atoms with Crippen LogP contribution in [0.2, 0.25) is 0 Å². The maximum atomic E-state index is 11.5. The van der Waals surface area contributed by atoms with E-state index >= 15 is 0 Å². The SMILES string of the molecule is CC1(C)CC(=O)C(N)C(C)(C#N)C1. The fraction of sp³-hybridized carbons (Fsp3) is 0.800. The lowest BCUT2D eigenvalue weighted by molar-refractivity contribution is -0.128. The summed E-state index contributed by atoms with van der Waals surface area (Å²) in [5, 5.41) is 8.99. The van der Waals surface area contributed by atoms with Crippen LogP contribution < -0.4 is 5.73 Å². The standard InChI is InChI=1S/C10H16N2O/c1-9(2)4-7(13)8(12)10(3,5-9)6-11/h8H,4-5,12H2,1-3H3. The maximum absolute atomic E-state index is 11.5. The summed E-state index contributed by atoms with van der Waals surface area (Å²) in [5.41, 5.74) is 4.95. The van der Waals surface area contributed by atoms with Crippen LogP contribution in [0.5, 0.6) is 0 Å². The first-order valence-electron chi connectivity index (χ1n) is 4.50. The Morgan fingerprint density at radius 1 is 1.54 bits per heavy atom. The molecular weight excluding hydrogens is 164 g/mol. The van der Waals surface area contributed by atoms with Gasteiger partial charge in [0.25, 0.3) is 0 Å². The zero-order chi connectivity index (χ0) is 10.3. The third-order valence-electron chi connectivity index (χ3n) is 2.79. The molecule has 1 aliphatic rings. The molecule has 2 atom stereocenters. The smallest absolute Gasteiger partial charge is 0.151 e. The van der Waals surface area contributed by atoms with Crippen molar-refractivity contribution in [1.29, 1.82) is 5.26 Å². The minimum Gasteiger partial charge on any atom is -0.320 e. The largest absolute Gasteiger partial charge is 0.320 e. The van der Waals surface area contributed by atoms with Gasteiger partial charge in [-0.2, -0.15) is 5.26 Å². The number of nitriles is 1. The van der Waals surface area contributed by atoms with Crippen LogP contribution in [-0.4, -0.2) is 11.8 Å². The van der Waals surface area contributed by atoms with Crippen molar-refractivity contribution in [3.63, 3.8) is 0 Å². The third-order valence-corrected chi connectivity index (χ3v) is 2.79. The second kappa shape index (κ2) is 2.81. The fourth-order valence-electron chi connectivity index (χ4n) is 2.21. The van der Waals surface area contributed by atoms with Gasteiger partial charge in [0.2, 0.25) is 0 Å². The molecule has 3 nitrogen and oxygen atoms in total. The van der Waals surface area contributed by atoms with Gasteiger partial charge < -0.3 is 5.73 Å². The van der Waals surface area contributed by atoms with E-state index in [4.69, 9.17) is 11.0 Å². The number of hydrogen-bond donors (Lipinski definition) is 1. The molecule has 1 fully saturated rings. The molecule has 0 bridgehead atoms. The predicted molar refractivity (Wildman–Crippen MR) is 49.7 cm³/mol. The molecule has 72 valence electrons. The monoisotopic (exact) mass is 180 g/mol. The summed E-state index contributed by atoms with van der Waals surface area (Å²) in [6, 6.07) is 1.56. The van der Waals surface area contributed by atoms with Gasteiger partial charge in [0.15, 0.2) is 5.78 Å². The second-order valence-corrected chi connectivity index (χ2v) is 4.99. The van der Waals surface area contributed by atoms with E-state index in [1.54, 1.807) is 6.92 Å². The Bertz CT molecular complexity index is 277. The van der Waals surface area contributed by atoms with Crippen LogP contribution in [0.1, 0.15) is 33.6 Å². The van der Waals surface area contributed by atoms with Crippen LogP contribution in [0.25, 0.3) is 0 Å². The molecule has 1 aliphatic carbocycles. The van der Waals surface area contributed by atoms with Crippen molar-refractivity contribution >= 4 is 5.78 Å². The van der Waals surface area contributed by atoms with Gasteiger partial charge in [-0.3, -0.25) is 4.79 Å². The Hall–Kier alpha value is -0.880. The highest BCUT2D eigenvalue weighted by Crippen LogP contribution is 2.43. The number of hydrogen-bond acceptors (Lipinski definition) is 3. The summed E-state index contributed by atoms with van der Waals surface area (Å²) in [6.45, 7) is 5.79. The van der Waals surface area contributed by atoms with Crippen molar-refractivity contribution in [2.45, 2.75) is 39.7 Å². The molecule has 0 aromatic heterocycles. The molecule has 0 radical (unpaired) electrons. The quantitative estimate of drug-likeness (QED) is 0.609. The fourth-order valence-corrected chi connectivity index (χ4v) is 2.21. The van der Waals surface area contributed by atoms with Gasteiger partial charge in [0.1, 0.15) is 0 Å².